The highest BCUT2D eigenvalue weighted by Gasteiger charge is 2.24. The van der Waals surface area contributed by atoms with Crippen molar-refractivity contribution in [2.24, 2.45) is 0 Å². The molecule has 0 aromatic carbocycles. The Hall–Kier alpha value is -2.45. The van der Waals surface area contributed by atoms with Crippen molar-refractivity contribution in [2.45, 2.75) is 12.3 Å². The number of anilines is 3. The summed E-state index contributed by atoms with van der Waals surface area (Å²) < 4.78 is 5.53. The van der Waals surface area contributed by atoms with Crippen LogP contribution in [0.2, 0.25) is 0 Å². The first kappa shape index (κ1) is 17.9. The summed E-state index contributed by atoms with van der Waals surface area (Å²) in [7, 11) is 0. The Kier molecular flexibility index (Phi) is 5.64. The zero-order valence-electron chi connectivity index (χ0n) is 15.4. The average molecular weight is 370 g/mol. The SMILES string of the molecule is OCCNc1nc([C@H]2CCOC2)cc(N2CCN(c3cccnc3)CC2)n1. The second-order valence-corrected chi connectivity index (χ2v) is 6.87. The van der Waals surface area contributed by atoms with Crippen molar-refractivity contribution >= 4 is 17.5 Å². The lowest BCUT2D eigenvalue weighted by atomic mass is 10.0. The molecule has 2 N–H and O–H groups in total. The van der Waals surface area contributed by atoms with Crippen LogP contribution in [0.4, 0.5) is 17.5 Å². The lowest BCUT2D eigenvalue weighted by Crippen LogP contribution is -2.47. The zero-order valence-corrected chi connectivity index (χ0v) is 15.4. The fourth-order valence-corrected chi connectivity index (χ4v) is 3.57. The molecule has 0 spiro atoms. The molecule has 0 bridgehead atoms. The van der Waals surface area contributed by atoms with Crippen LogP contribution in [0.15, 0.2) is 30.6 Å². The van der Waals surface area contributed by atoms with Crippen molar-refractivity contribution in [3.05, 3.63) is 36.3 Å². The van der Waals surface area contributed by atoms with Gasteiger partial charge in [0.2, 0.25) is 5.95 Å². The molecule has 2 aromatic rings. The topological polar surface area (TPSA) is 86.6 Å². The molecular weight excluding hydrogens is 344 g/mol. The second-order valence-electron chi connectivity index (χ2n) is 6.87. The van der Waals surface area contributed by atoms with Crippen molar-refractivity contribution in [3.8, 4) is 0 Å². The second kappa shape index (κ2) is 8.49. The maximum absolute atomic E-state index is 9.10. The molecule has 27 heavy (non-hydrogen) atoms. The minimum atomic E-state index is 0.0548. The first-order valence-corrected chi connectivity index (χ1v) is 9.55. The largest absolute Gasteiger partial charge is 0.395 e. The summed E-state index contributed by atoms with van der Waals surface area (Å²) in [6.07, 6.45) is 4.70. The van der Waals surface area contributed by atoms with Crippen molar-refractivity contribution in [1.82, 2.24) is 15.0 Å². The number of rotatable bonds is 6. The first-order valence-electron chi connectivity index (χ1n) is 9.55. The van der Waals surface area contributed by atoms with E-state index in [0.717, 1.165) is 56.4 Å². The van der Waals surface area contributed by atoms with E-state index in [1.54, 1.807) is 6.20 Å². The van der Waals surface area contributed by atoms with Crippen LogP contribution in [0.5, 0.6) is 0 Å². The molecule has 2 saturated heterocycles. The molecule has 0 aliphatic carbocycles. The molecule has 4 heterocycles. The van der Waals surface area contributed by atoms with Gasteiger partial charge in [0.15, 0.2) is 0 Å². The zero-order chi connectivity index (χ0) is 18.5. The van der Waals surface area contributed by atoms with Gasteiger partial charge in [-0.05, 0) is 18.6 Å². The predicted octanol–water partition coefficient (Wildman–Crippen LogP) is 1.11. The van der Waals surface area contributed by atoms with E-state index in [1.807, 2.05) is 12.3 Å². The van der Waals surface area contributed by atoms with Gasteiger partial charge in [-0.25, -0.2) is 4.98 Å². The molecule has 1 atom stereocenters. The van der Waals surface area contributed by atoms with E-state index in [9.17, 15) is 0 Å². The van der Waals surface area contributed by atoms with Crippen molar-refractivity contribution in [3.63, 3.8) is 0 Å². The van der Waals surface area contributed by atoms with Crippen LogP contribution in [0.3, 0.4) is 0 Å². The molecule has 2 aliphatic heterocycles. The van der Waals surface area contributed by atoms with Gasteiger partial charge in [-0.3, -0.25) is 4.98 Å². The Morgan fingerprint density at radius 3 is 2.74 bits per heavy atom. The summed E-state index contributed by atoms with van der Waals surface area (Å²) in [5.41, 5.74) is 2.18. The van der Waals surface area contributed by atoms with Crippen LogP contribution in [0.1, 0.15) is 18.0 Å². The van der Waals surface area contributed by atoms with E-state index in [4.69, 9.17) is 9.84 Å². The third kappa shape index (κ3) is 4.28. The van der Waals surface area contributed by atoms with Gasteiger partial charge in [-0.2, -0.15) is 4.98 Å². The van der Waals surface area contributed by atoms with Gasteiger partial charge in [0.05, 0.1) is 30.8 Å². The minimum absolute atomic E-state index is 0.0548. The Labute approximate surface area is 159 Å². The molecule has 4 rings (SSSR count). The quantitative estimate of drug-likeness (QED) is 0.782. The van der Waals surface area contributed by atoms with Crippen LogP contribution in [-0.2, 0) is 4.74 Å². The minimum Gasteiger partial charge on any atom is -0.395 e. The fraction of sp³-hybridized carbons (Fsp3) is 0.526. The third-order valence-electron chi connectivity index (χ3n) is 5.09. The number of aliphatic hydroxyl groups is 1. The Bertz CT molecular complexity index is 730. The summed E-state index contributed by atoms with van der Waals surface area (Å²) in [5, 5.41) is 12.2. The summed E-state index contributed by atoms with van der Waals surface area (Å²) in [4.78, 5) is 18.2. The number of aromatic nitrogens is 3. The van der Waals surface area contributed by atoms with Gasteiger partial charge in [-0.15, -0.1) is 0 Å². The maximum Gasteiger partial charge on any atom is 0.224 e. The molecule has 2 aliphatic rings. The van der Waals surface area contributed by atoms with Crippen molar-refractivity contribution < 1.29 is 9.84 Å². The molecule has 0 radical (unpaired) electrons. The monoisotopic (exact) mass is 370 g/mol. The average Bonchev–Trinajstić information content (AvgIpc) is 3.28. The van der Waals surface area contributed by atoms with Crippen LogP contribution in [0, 0.1) is 0 Å². The van der Waals surface area contributed by atoms with Gasteiger partial charge in [-0.1, -0.05) is 0 Å². The molecule has 144 valence electrons. The Morgan fingerprint density at radius 1 is 1.19 bits per heavy atom. The molecule has 8 heteroatoms. The number of nitrogens with zero attached hydrogens (tertiary/aromatic N) is 5. The van der Waals surface area contributed by atoms with Gasteiger partial charge in [0.25, 0.3) is 0 Å². The number of piperazine rings is 1. The standard InChI is InChI=1S/C19H26N6O2/c26-10-5-21-19-22-17(15-3-11-27-14-15)12-18(23-19)25-8-6-24(7-9-25)16-2-1-4-20-13-16/h1-2,4,12-13,15,26H,3,5-11,14H2,(H,21,22,23)/t15-/m0/s1. The number of pyridine rings is 1. The number of ether oxygens (including phenoxy) is 1. The van der Waals surface area contributed by atoms with Gasteiger partial charge in [0, 0.05) is 57.5 Å². The van der Waals surface area contributed by atoms with Crippen molar-refractivity contribution in [2.75, 3.05) is 67.7 Å². The molecule has 2 fully saturated rings. The third-order valence-corrected chi connectivity index (χ3v) is 5.09. The summed E-state index contributed by atoms with van der Waals surface area (Å²) in [6.45, 7) is 5.64. The van der Waals surface area contributed by atoms with Crippen LogP contribution in [-0.4, -0.2) is 72.6 Å². The van der Waals surface area contributed by atoms with E-state index in [-0.39, 0.29) is 6.61 Å². The first-order chi connectivity index (χ1) is 13.3. The fourth-order valence-electron chi connectivity index (χ4n) is 3.57. The van der Waals surface area contributed by atoms with Crippen LogP contribution in [0.25, 0.3) is 0 Å². The van der Waals surface area contributed by atoms with Crippen LogP contribution < -0.4 is 15.1 Å². The number of nitrogens with one attached hydrogen (secondary N) is 1. The Morgan fingerprint density at radius 2 is 2.04 bits per heavy atom. The van der Waals surface area contributed by atoms with E-state index in [2.05, 4.69) is 42.2 Å². The van der Waals surface area contributed by atoms with E-state index < -0.39 is 0 Å². The van der Waals surface area contributed by atoms with Gasteiger partial charge in [0.1, 0.15) is 5.82 Å². The smallest absolute Gasteiger partial charge is 0.224 e. The highest BCUT2D eigenvalue weighted by Crippen LogP contribution is 2.28. The summed E-state index contributed by atoms with van der Waals surface area (Å²) in [5.74, 6) is 1.84. The van der Waals surface area contributed by atoms with Gasteiger partial charge >= 0.3 is 0 Å². The van der Waals surface area contributed by atoms with Gasteiger partial charge < -0.3 is 25.0 Å². The lowest BCUT2D eigenvalue weighted by Gasteiger charge is -2.36. The van der Waals surface area contributed by atoms with E-state index in [0.29, 0.717) is 25.0 Å². The molecule has 2 aromatic heterocycles. The highest BCUT2D eigenvalue weighted by molar-refractivity contribution is 5.50. The molecular formula is C19H26N6O2. The molecule has 0 amide bonds. The highest BCUT2D eigenvalue weighted by atomic mass is 16.5. The molecule has 0 saturated carbocycles. The maximum atomic E-state index is 9.10. The summed E-state index contributed by atoms with van der Waals surface area (Å²) >= 11 is 0. The summed E-state index contributed by atoms with van der Waals surface area (Å²) in [6, 6.07) is 6.17. The van der Waals surface area contributed by atoms with E-state index in [1.165, 1.54) is 0 Å². The normalized spacial score (nSPS) is 20.1. The van der Waals surface area contributed by atoms with Crippen LogP contribution >= 0.6 is 0 Å². The number of aliphatic hydroxyl groups excluding tert-OH is 1. The van der Waals surface area contributed by atoms with Crippen molar-refractivity contribution in [1.29, 1.82) is 0 Å². The lowest BCUT2D eigenvalue weighted by molar-refractivity contribution is 0.193. The number of hydrogen-bond donors (Lipinski definition) is 2. The Balaban J connectivity index is 1.49. The molecule has 8 nitrogen and oxygen atoms in total. The van der Waals surface area contributed by atoms with E-state index >= 15 is 0 Å². The molecule has 0 unspecified atom stereocenters. The predicted molar refractivity (Wildman–Crippen MR) is 104 cm³/mol. The number of hydrogen-bond acceptors (Lipinski definition) is 8.